The van der Waals surface area contributed by atoms with E-state index in [4.69, 9.17) is 5.11 Å². The Morgan fingerprint density at radius 3 is 2.89 bits per heavy atom. The van der Waals surface area contributed by atoms with Crippen molar-refractivity contribution in [3.63, 3.8) is 0 Å². The Hall–Kier alpha value is -2.11. The summed E-state index contributed by atoms with van der Waals surface area (Å²) in [5.74, 6) is -1.46. The van der Waals surface area contributed by atoms with Crippen molar-refractivity contribution in [1.82, 2.24) is 4.90 Å². The Bertz CT molecular complexity index is 519. The molecule has 0 spiro atoms. The number of nitrogens with one attached hydrogen (secondary N) is 1. The monoisotopic (exact) mass is 266 g/mol. The zero-order valence-electron chi connectivity index (χ0n) is 10.5. The third-order valence-electron chi connectivity index (χ3n) is 3.24. The fraction of sp³-hybridized carbons (Fsp3) is 0.385. The van der Waals surface area contributed by atoms with Crippen LogP contribution in [0.25, 0.3) is 0 Å². The molecule has 0 saturated carbocycles. The topological polar surface area (TPSA) is 69.6 Å². The summed E-state index contributed by atoms with van der Waals surface area (Å²) >= 11 is 0. The average molecular weight is 266 g/mol. The number of carbonyl (C=O) groups is 2. The number of urea groups is 1. The van der Waals surface area contributed by atoms with E-state index in [0.717, 1.165) is 5.56 Å². The van der Waals surface area contributed by atoms with Crippen molar-refractivity contribution in [1.29, 1.82) is 0 Å². The summed E-state index contributed by atoms with van der Waals surface area (Å²) in [6, 6.07) is 2.79. The van der Waals surface area contributed by atoms with Crippen LogP contribution in [0.3, 0.4) is 0 Å². The molecule has 1 fully saturated rings. The predicted octanol–water partition coefficient (Wildman–Crippen LogP) is 2.22. The SMILES string of the molecule is Cc1ccc(F)cc1NC(=O)N1CCCC1C(=O)O. The molecule has 1 unspecified atom stereocenters. The van der Waals surface area contributed by atoms with E-state index >= 15 is 0 Å². The number of likely N-dealkylation sites (tertiary alicyclic amines) is 1. The van der Waals surface area contributed by atoms with Gasteiger partial charge in [0.15, 0.2) is 0 Å². The highest BCUT2D eigenvalue weighted by molar-refractivity contribution is 5.93. The van der Waals surface area contributed by atoms with Gasteiger partial charge in [-0.3, -0.25) is 0 Å². The van der Waals surface area contributed by atoms with Crippen LogP contribution in [0.5, 0.6) is 0 Å². The number of benzene rings is 1. The highest BCUT2D eigenvalue weighted by Crippen LogP contribution is 2.21. The molecule has 1 atom stereocenters. The van der Waals surface area contributed by atoms with Crippen LogP contribution in [-0.4, -0.2) is 34.6 Å². The molecule has 0 radical (unpaired) electrons. The number of nitrogens with zero attached hydrogens (tertiary/aromatic N) is 1. The molecule has 0 bridgehead atoms. The van der Waals surface area contributed by atoms with Crippen molar-refractivity contribution in [3.05, 3.63) is 29.6 Å². The number of aliphatic carboxylic acids is 1. The smallest absolute Gasteiger partial charge is 0.326 e. The first kappa shape index (κ1) is 13.3. The molecule has 1 aliphatic heterocycles. The lowest BCUT2D eigenvalue weighted by atomic mass is 10.2. The number of carbonyl (C=O) groups excluding carboxylic acids is 1. The van der Waals surface area contributed by atoms with E-state index in [0.29, 0.717) is 25.1 Å². The molecule has 1 aliphatic rings. The summed E-state index contributed by atoms with van der Waals surface area (Å²) < 4.78 is 13.1. The predicted molar refractivity (Wildman–Crippen MR) is 67.5 cm³/mol. The van der Waals surface area contributed by atoms with Crippen LogP contribution in [0.2, 0.25) is 0 Å². The number of carboxylic acid groups (broad SMARTS) is 1. The maximum atomic E-state index is 13.1. The van der Waals surface area contributed by atoms with Gasteiger partial charge in [-0.1, -0.05) is 6.07 Å². The van der Waals surface area contributed by atoms with Crippen LogP contribution in [0.15, 0.2) is 18.2 Å². The van der Waals surface area contributed by atoms with Crippen LogP contribution >= 0.6 is 0 Å². The van der Waals surface area contributed by atoms with Gasteiger partial charge in [0, 0.05) is 12.2 Å². The molecule has 0 aliphatic carbocycles. The van der Waals surface area contributed by atoms with E-state index < -0.39 is 23.9 Å². The van der Waals surface area contributed by atoms with Crippen molar-refractivity contribution in [2.75, 3.05) is 11.9 Å². The number of aryl methyl sites for hydroxylation is 1. The summed E-state index contributed by atoms with van der Waals surface area (Å²) in [6.45, 7) is 2.14. The van der Waals surface area contributed by atoms with E-state index in [1.165, 1.54) is 17.0 Å². The molecule has 2 N–H and O–H groups in total. The number of rotatable bonds is 2. The standard InChI is InChI=1S/C13H15FN2O3/c1-8-4-5-9(14)7-10(8)15-13(19)16-6-2-3-11(16)12(17)18/h4-5,7,11H,2-3,6H2,1H3,(H,15,19)(H,17,18). The Balaban J connectivity index is 2.12. The molecule has 102 valence electrons. The van der Waals surface area contributed by atoms with Gasteiger partial charge in [-0.2, -0.15) is 0 Å². The minimum Gasteiger partial charge on any atom is -0.480 e. The lowest BCUT2D eigenvalue weighted by Crippen LogP contribution is -2.42. The largest absolute Gasteiger partial charge is 0.480 e. The maximum Gasteiger partial charge on any atom is 0.326 e. The first-order chi connectivity index (χ1) is 8.99. The fourth-order valence-corrected chi connectivity index (χ4v) is 2.18. The highest BCUT2D eigenvalue weighted by atomic mass is 19.1. The molecule has 2 amide bonds. The van der Waals surface area contributed by atoms with E-state index in [1.807, 2.05) is 0 Å². The van der Waals surface area contributed by atoms with Crippen LogP contribution in [-0.2, 0) is 4.79 Å². The summed E-state index contributed by atoms with van der Waals surface area (Å²) in [6.07, 6.45) is 1.11. The lowest BCUT2D eigenvalue weighted by Gasteiger charge is -2.22. The van der Waals surface area contributed by atoms with E-state index in [9.17, 15) is 14.0 Å². The number of carboxylic acids is 1. The second-order valence-electron chi connectivity index (χ2n) is 4.58. The van der Waals surface area contributed by atoms with Crippen molar-refractivity contribution < 1.29 is 19.1 Å². The van der Waals surface area contributed by atoms with Gasteiger partial charge < -0.3 is 15.3 Å². The van der Waals surface area contributed by atoms with E-state index in [1.54, 1.807) is 13.0 Å². The highest BCUT2D eigenvalue weighted by Gasteiger charge is 2.34. The van der Waals surface area contributed by atoms with Gasteiger partial charge in [0.05, 0.1) is 0 Å². The first-order valence-electron chi connectivity index (χ1n) is 6.05. The van der Waals surface area contributed by atoms with Gasteiger partial charge >= 0.3 is 12.0 Å². The molecule has 1 aromatic carbocycles. The quantitative estimate of drug-likeness (QED) is 0.862. The number of amides is 2. The number of hydrogen-bond acceptors (Lipinski definition) is 2. The summed E-state index contributed by atoms with van der Waals surface area (Å²) in [7, 11) is 0. The lowest BCUT2D eigenvalue weighted by molar-refractivity contribution is -0.141. The van der Waals surface area contributed by atoms with Crippen LogP contribution < -0.4 is 5.32 Å². The molecule has 1 heterocycles. The molecular weight excluding hydrogens is 251 g/mol. The normalized spacial score (nSPS) is 18.4. The van der Waals surface area contributed by atoms with Gasteiger partial charge in [0.1, 0.15) is 11.9 Å². The number of halogens is 1. The fourth-order valence-electron chi connectivity index (χ4n) is 2.18. The summed E-state index contributed by atoms with van der Waals surface area (Å²) in [5.41, 5.74) is 1.09. The van der Waals surface area contributed by atoms with Crippen molar-refractivity contribution in [2.45, 2.75) is 25.8 Å². The van der Waals surface area contributed by atoms with Crippen LogP contribution in [0, 0.1) is 12.7 Å². The second-order valence-corrected chi connectivity index (χ2v) is 4.58. The molecule has 2 rings (SSSR count). The molecule has 5 nitrogen and oxygen atoms in total. The Morgan fingerprint density at radius 2 is 2.21 bits per heavy atom. The molecule has 1 saturated heterocycles. The van der Waals surface area contributed by atoms with E-state index in [-0.39, 0.29) is 0 Å². The van der Waals surface area contributed by atoms with Crippen molar-refractivity contribution >= 4 is 17.7 Å². The number of anilines is 1. The van der Waals surface area contributed by atoms with Crippen molar-refractivity contribution in [2.24, 2.45) is 0 Å². The molecule has 19 heavy (non-hydrogen) atoms. The van der Waals surface area contributed by atoms with E-state index in [2.05, 4.69) is 5.32 Å². The summed E-state index contributed by atoms with van der Waals surface area (Å²) in [4.78, 5) is 24.3. The maximum absolute atomic E-state index is 13.1. The Kier molecular flexibility index (Phi) is 3.69. The molecule has 0 aromatic heterocycles. The third-order valence-corrected chi connectivity index (χ3v) is 3.24. The van der Waals surface area contributed by atoms with Gasteiger partial charge in [-0.25, -0.2) is 14.0 Å². The van der Waals surface area contributed by atoms with Gasteiger partial charge in [-0.15, -0.1) is 0 Å². The van der Waals surface area contributed by atoms with Gasteiger partial charge in [0.2, 0.25) is 0 Å². The van der Waals surface area contributed by atoms with Crippen molar-refractivity contribution in [3.8, 4) is 0 Å². The Morgan fingerprint density at radius 1 is 1.47 bits per heavy atom. The molecular formula is C13H15FN2O3. The zero-order valence-corrected chi connectivity index (χ0v) is 10.5. The van der Waals surface area contributed by atoms with Gasteiger partial charge in [-0.05, 0) is 37.5 Å². The van der Waals surface area contributed by atoms with Crippen LogP contribution in [0.4, 0.5) is 14.9 Å². The second kappa shape index (κ2) is 5.26. The minimum absolute atomic E-state index is 0.362. The Labute approximate surface area is 110 Å². The first-order valence-corrected chi connectivity index (χ1v) is 6.05. The molecule has 6 heteroatoms. The average Bonchev–Trinajstić information content (AvgIpc) is 2.83. The van der Waals surface area contributed by atoms with Crippen LogP contribution in [0.1, 0.15) is 18.4 Å². The number of hydrogen-bond donors (Lipinski definition) is 2. The zero-order chi connectivity index (χ0) is 14.0. The molecule has 1 aromatic rings. The minimum atomic E-state index is -1.01. The van der Waals surface area contributed by atoms with Gasteiger partial charge in [0.25, 0.3) is 0 Å². The summed E-state index contributed by atoms with van der Waals surface area (Å²) in [5, 5.41) is 11.6. The third kappa shape index (κ3) is 2.83.